The van der Waals surface area contributed by atoms with E-state index in [1.165, 1.54) is 12.8 Å². The van der Waals surface area contributed by atoms with Gasteiger partial charge in [-0.1, -0.05) is 0 Å². The molecule has 132 valence electrons. The van der Waals surface area contributed by atoms with Crippen LogP contribution < -0.4 is 4.90 Å². The number of carbonyl (C=O) groups is 1. The van der Waals surface area contributed by atoms with Crippen molar-refractivity contribution in [2.75, 3.05) is 31.1 Å². The van der Waals surface area contributed by atoms with Crippen LogP contribution in [-0.4, -0.2) is 51.8 Å². The van der Waals surface area contributed by atoms with Gasteiger partial charge in [-0.05, 0) is 50.3 Å². The molecule has 2 aliphatic rings. The molecule has 2 aromatic rings. The van der Waals surface area contributed by atoms with E-state index in [9.17, 15) is 4.79 Å². The van der Waals surface area contributed by atoms with Crippen molar-refractivity contribution in [1.82, 2.24) is 19.7 Å². The average molecular weight is 339 g/mol. The number of pyridine rings is 1. The summed E-state index contributed by atoms with van der Waals surface area (Å²) in [4.78, 5) is 21.6. The van der Waals surface area contributed by atoms with Gasteiger partial charge in [-0.25, -0.2) is 4.98 Å². The number of hydrogen-bond acceptors (Lipinski definition) is 4. The van der Waals surface area contributed by atoms with Gasteiger partial charge < -0.3 is 9.80 Å². The number of aryl methyl sites for hydroxylation is 1. The number of likely N-dealkylation sites (tertiary alicyclic amines) is 1. The Balaban J connectivity index is 1.44. The van der Waals surface area contributed by atoms with Gasteiger partial charge in [-0.3, -0.25) is 9.48 Å². The highest BCUT2D eigenvalue weighted by Crippen LogP contribution is 2.23. The van der Waals surface area contributed by atoms with Crippen LogP contribution in [-0.2, 0) is 0 Å². The monoisotopic (exact) mass is 339 g/mol. The van der Waals surface area contributed by atoms with Crippen molar-refractivity contribution in [3.8, 4) is 0 Å². The van der Waals surface area contributed by atoms with Crippen molar-refractivity contribution in [2.45, 2.75) is 38.6 Å². The Bertz CT molecular complexity index is 733. The van der Waals surface area contributed by atoms with E-state index in [2.05, 4.69) is 21.2 Å². The van der Waals surface area contributed by atoms with Gasteiger partial charge in [0.25, 0.3) is 5.91 Å². The highest BCUT2D eigenvalue weighted by molar-refractivity contribution is 5.94. The highest BCUT2D eigenvalue weighted by Gasteiger charge is 2.26. The van der Waals surface area contributed by atoms with Crippen LogP contribution in [0.1, 0.15) is 47.6 Å². The van der Waals surface area contributed by atoms with Crippen LogP contribution in [0.2, 0.25) is 0 Å². The first-order valence-corrected chi connectivity index (χ1v) is 9.22. The van der Waals surface area contributed by atoms with E-state index in [1.54, 1.807) is 6.20 Å². The average Bonchev–Trinajstić information content (AvgIpc) is 3.33. The number of rotatable bonds is 3. The number of anilines is 1. The molecule has 0 bridgehead atoms. The molecule has 1 atom stereocenters. The van der Waals surface area contributed by atoms with Crippen molar-refractivity contribution in [3.63, 3.8) is 0 Å². The third-order valence-corrected chi connectivity index (χ3v) is 5.21. The molecule has 4 heterocycles. The fourth-order valence-corrected chi connectivity index (χ4v) is 3.82. The van der Waals surface area contributed by atoms with Crippen LogP contribution in [0.25, 0.3) is 0 Å². The van der Waals surface area contributed by atoms with Crippen LogP contribution in [0, 0.1) is 6.92 Å². The maximum atomic E-state index is 12.9. The van der Waals surface area contributed by atoms with E-state index in [0.717, 1.165) is 43.9 Å². The second kappa shape index (κ2) is 6.86. The largest absolute Gasteiger partial charge is 0.357 e. The molecule has 2 aromatic heterocycles. The van der Waals surface area contributed by atoms with Crippen molar-refractivity contribution < 1.29 is 4.79 Å². The molecular weight excluding hydrogens is 314 g/mol. The molecule has 2 aliphatic heterocycles. The second-order valence-corrected chi connectivity index (χ2v) is 7.14. The zero-order valence-electron chi connectivity index (χ0n) is 14.8. The van der Waals surface area contributed by atoms with Crippen molar-refractivity contribution in [2.24, 2.45) is 0 Å². The summed E-state index contributed by atoms with van der Waals surface area (Å²) in [6.07, 6.45) is 10.2. The lowest BCUT2D eigenvalue weighted by Crippen LogP contribution is -2.40. The van der Waals surface area contributed by atoms with Crippen LogP contribution in [0.4, 0.5) is 5.82 Å². The van der Waals surface area contributed by atoms with E-state index in [0.29, 0.717) is 12.1 Å². The van der Waals surface area contributed by atoms with Gasteiger partial charge >= 0.3 is 0 Å². The summed E-state index contributed by atoms with van der Waals surface area (Å²) in [6.45, 7) is 5.70. The molecule has 0 radical (unpaired) electrons. The van der Waals surface area contributed by atoms with Crippen LogP contribution in [0.15, 0.2) is 30.7 Å². The number of piperidine rings is 1. The zero-order valence-corrected chi connectivity index (χ0v) is 14.8. The van der Waals surface area contributed by atoms with Gasteiger partial charge in [0.05, 0.1) is 17.8 Å². The molecule has 6 heteroatoms. The van der Waals surface area contributed by atoms with Gasteiger partial charge in [-0.2, -0.15) is 5.10 Å². The summed E-state index contributed by atoms with van der Waals surface area (Å²) in [7, 11) is 0. The Kier molecular flexibility index (Phi) is 4.42. The fourth-order valence-electron chi connectivity index (χ4n) is 3.82. The van der Waals surface area contributed by atoms with Gasteiger partial charge in [-0.15, -0.1) is 0 Å². The van der Waals surface area contributed by atoms with Crippen molar-refractivity contribution >= 4 is 11.7 Å². The third kappa shape index (κ3) is 3.38. The van der Waals surface area contributed by atoms with Crippen LogP contribution in [0.3, 0.4) is 0 Å². The third-order valence-electron chi connectivity index (χ3n) is 5.21. The number of aromatic nitrogens is 3. The first-order valence-electron chi connectivity index (χ1n) is 9.22. The number of amides is 1. The minimum atomic E-state index is 0.0778. The topological polar surface area (TPSA) is 54.3 Å². The summed E-state index contributed by atoms with van der Waals surface area (Å²) in [5, 5.41) is 4.42. The lowest BCUT2D eigenvalue weighted by molar-refractivity contribution is 0.0672. The SMILES string of the molecule is Cc1cnn([C@H]2CCCN(C(=O)c3ccc(N4CCCC4)nc3)C2)c1. The maximum absolute atomic E-state index is 12.9. The predicted molar refractivity (Wildman–Crippen MR) is 96.8 cm³/mol. The predicted octanol–water partition coefficient (Wildman–Crippen LogP) is 2.66. The molecule has 0 N–H and O–H groups in total. The summed E-state index contributed by atoms with van der Waals surface area (Å²) in [5.41, 5.74) is 1.84. The Morgan fingerprint density at radius 3 is 2.64 bits per heavy atom. The summed E-state index contributed by atoms with van der Waals surface area (Å²) in [5.74, 6) is 1.06. The number of carbonyl (C=O) groups excluding carboxylic acids is 1. The van der Waals surface area contributed by atoms with Crippen molar-refractivity contribution in [1.29, 1.82) is 0 Å². The Labute approximate surface area is 148 Å². The summed E-state index contributed by atoms with van der Waals surface area (Å²) < 4.78 is 2.00. The molecule has 6 nitrogen and oxygen atoms in total. The Morgan fingerprint density at radius 1 is 1.12 bits per heavy atom. The first-order chi connectivity index (χ1) is 12.2. The van der Waals surface area contributed by atoms with E-state index in [-0.39, 0.29) is 11.9 Å². The normalized spacial score (nSPS) is 20.9. The molecule has 4 rings (SSSR count). The van der Waals surface area contributed by atoms with Gasteiger partial charge in [0, 0.05) is 38.6 Å². The number of nitrogens with zero attached hydrogens (tertiary/aromatic N) is 5. The second-order valence-electron chi connectivity index (χ2n) is 7.14. The molecule has 0 saturated carbocycles. The lowest BCUT2D eigenvalue weighted by Gasteiger charge is -2.33. The Morgan fingerprint density at radius 2 is 1.96 bits per heavy atom. The lowest BCUT2D eigenvalue weighted by atomic mass is 10.0. The van der Waals surface area contributed by atoms with E-state index < -0.39 is 0 Å². The van der Waals surface area contributed by atoms with Gasteiger partial charge in [0.15, 0.2) is 0 Å². The maximum Gasteiger partial charge on any atom is 0.255 e. The van der Waals surface area contributed by atoms with Gasteiger partial charge in [0.1, 0.15) is 5.82 Å². The van der Waals surface area contributed by atoms with Crippen LogP contribution >= 0.6 is 0 Å². The molecule has 1 amide bonds. The van der Waals surface area contributed by atoms with E-state index >= 15 is 0 Å². The van der Waals surface area contributed by atoms with Gasteiger partial charge in [0.2, 0.25) is 0 Å². The molecular formula is C19H25N5O. The molecule has 25 heavy (non-hydrogen) atoms. The number of hydrogen-bond donors (Lipinski definition) is 0. The molecule has 0 unspecified atom stereocenters. The fraction of sp³-hybridized carbons (Fsp3) is 0.526. The minimum absolute atomic E-state index is 0.0778. The summed E-state index contributed by atoms with van der Waals surface area (Å²) in [6, 6.07) is 4.17. The zero-order chi connectivity index (χ0) is 17.2. The molecule has 2 saturated heterocycles. The van der Waals surface area contributed by atoms with Crippen molar-refractivity contribution in [3.05, 3.63) is 41.9 Å². The Hall–Kier alpha value is -2.37. The smallest absolute Gasteiger partial charge is 0.255 e. The first kappa shape index (κ1) is 16.1. The molecule has 0 aromatic carbocycles. The summed E-state index contributed by atoms with van der Waals surface area (Å²) >= 11 is 0. The molecule has 2 fully saturated rings. The molecule has 0 aliphatic carbocycles. The standard InChI is InChI=1S/C19H25N5O/c1-15-11-21-24(13-15)17-5-4-10-23(14-17)19(25)16-6-7-18(20-12-16)22-8-2-3-9-22/h6-7,11-13,17H,2-5,8-10,14H2,1H3/t17-/m0/s1. The highest BCUT2D eigenvalue weighted by atomic mass is 16.2. The quantitative estimate of drug-likeness (QED) is 0.863. The van der Waals surface area contributed by atoms with E-state index in [4.69, 9.17) is 0 Å². The van der Waals surface area contributed by atoms with E-state index in [1.807, 2.05) is 34.8 Å². The molecule has 0 spiro atoms. The minimum Gasteiger partial charge on any atom is -0.357 e. The van der Waals surface area contributed by atoms with Crippen LogP contribution in [0.5, 0.6) is 0 Å².